The van der Waals surface area contributed by atoms with Gasteiger partial charge in [-0.2, -0.15) is 0 Å². The Kier molecular flexibility index (Phi) is 4.93. The fraction of sp³-hybridized carbons (Fsp3) is 0.125. The van der Waals surface area contributed by atoms with Gasteiger partial charge in [0.2, 0.25) is 5.78 Å². The molecule has 0 aliphatic carbocycles. The number of carbonyl (C=O) groups excluding carboxylic acids is 1. The van der Waals surface area contributed by atoms with E-state index in [2.05, 4.69) is 0 Å². The zero-order valence-electron chi connectivity index (χ0n) is 15.7. The molecule has 0 radical (unpaired) electrons. The average Bonchev–Trinajstić information content (AvgIpc) is 2.99. The van der Waals surface area contributed by atoms with Crippen LogP contribution in [-0.2, 0) is 6.61 Å². The number of carbonyl (C=O) groups is 1. The largest absolute Gasteiger partial charge is 0.489 e. The van der Waals surface area contributed by atoms with Crippen LogP contribution in [0.5, 0.6) is 11.5 Å². The summed E-state index contributed by atoms with van der Waals surface area (Å²) in [6, 6.07) is 19.1. The molecule has 0 atom stereocenters. The van der Waals surface area contributed by atoms with Crippen LogP contribution >= 0.6 is 11.6 Å². The first-order valence-electron chi connectivity index (χ1n) is 9.03. The molecule has 1 aliphatic rings. The second kappa shape index (κ2) is 7.53. The summed E-state index contributed by atoms with van der Waals surface area (Å²) in [5.74, 6) is 1.39. The molecule has 0 N–H and O–H groups in total. The summed E-state index contributed by atoms with van der Waals surface area (Å²) >= 11 is 6.19. The molecule has 1 heterocycles. The van der Waals surface area contributed by atoms with Crippen molar-refractivity contribution in [3.05, 3.63) is 99.3 Å². The number of benzene rings is 3. The lowest BCUT2D eigenvalue weighted by atomic mass is 10.0. The Morgan fingerprint density at radius 2 is 1.75 bits per heavy atom. The summed E-state index contributed by atoms with van der Waals surface area (Å²) in [5, 5.41) is 0.662. The molecule has 0 saturated carbocycles. The Bertz CT molecular complexity index is 1100. The van der Waals surface area contributed by atoms with Crippen molar-refractivity contribution in [1.82, 2.24) is 0 Å². The lowest BCUT2D eigenvalue weighted by molar-refractivity contribution is 0.101. The smallest absolute Gasteiger partial charge is 0.232 e. The second-order valence-electron chi connectivity index (χ2n) is 6.79. The molecule has 0 saturated heterocycles. The lowest BCUT2D eigenvalue weighted by Gasteiger charge is -2.10. The van der Waals surface area contributed by atoms with Gasteiger partial charge in [0.1, 0.15) is 18.1 Å². The number of halogens is 1. The van der Waals surface area contributed by atoms with E-state index in [1.807, 2.05) is 68.4 Å². The van der Waals surface area contributed by atoms with Crippen molar-refractivity contribution in [3.8, 4) is 11.5 Å². The average molecular weight is 391 g/mol. The minimum Gasteiger partial charge on any atom is -0.489 e. The highest BCUT2D eigenvalue weighted by Gasteiger charge is 2.30. The van der Waals surface area contributed by atoms with Crippen LogP contribution in [0.1, 0.15) is 32.6 Å². The number of hydrogen-bond acceptors (Lipinski definition) is 3. The standard InChI is InChI=1S/C24H19ClO3/c1-15-7-3-4-8-17(15)12-22-24(26)23-16(2)11-19(13-21(23)28-22)27-14-18-9-5-6-10-20(18)25/h3-13H,14H2,1-2H3/b22-12-. The number of Topliss-reactive ketones (excluding diaryl/α,β-unsaturated/α-hetero) is 1. The maximum absolute atomic E-state index is 12.8. The molecule has 4 heteroatoms. The van der Waals surface area contributed by atoms with Gasteiger partial charge in [0.25, 0.3) is 0 Å². The fourth-order valence-electron chi connectivity index (χ4n) is 3.23. The summed E-state index contributed by atoms with van der Waals surface area (Å²) < 4.78 is 11.8. The van der Waals surface area contributed by atoms with Crippen LogP contribution in [0, 0.1) is 13.8 Å². The van der Waals surface area contributed by atoms with E-state index >= 15 is 0 Å². The molecule has 0 spiro atoms. The number of aryl methyl sites for hydroxylation is 2. The van der Waals surface area contributed by atoms with Gasteiger partial charge in [-0.05, 0) is 48.7 Å². The third-order valence-corrected chi connectivity index (χ3v) is 5.14. The number of rotatable bonds is 4. The van der Waals surface area contributed by atoms with E-state index in [0.29, 0.717) is 34.5 Å². The summed E-state index contributed by atoms with van der Waals surface area (Å²) in [6.07, 6.45) is 1.79. The van der Waals surface area contributed by atoms with Crippen molar-refractivity contribution >= 4 is 23.5 Å². The van der Waals surface area contributed by atoms with Gasteiger partial charge in [-0.1, -0.05) is 54.1 Å². The van der Waals surface area contributed by atoms with Gasteiger partial charge >= 0.3 is 0 Å². The molecule has 0 bridgehead atoms. The predicted octanol–water partition coefficient (Wildman–Crippen LogP) is 6.15. The number of allylic oxidation sites excluding steroid dienone is 1. The van der Waals surface area contributed by atoms with Crippen molar-refractivity contribution in [2.75, 3.05) is 0 Å². The Balaban J connectivity index is 1.60. The Morgan fingerprint density at radius 1 is 1.00 bits per heavy atom. The Hall–Kier alpha value is -3.04. The summed E-state index contributed by atoms with van der Waals surface area (Å²) in [5.41, 5.74) is 4.36. The highest BCUT2D eigenvalue weighted by atomic mass is 35.5. The monoisotopic (exact) mass is 390 g/mol. The predicted molar refractivity (Wildman–Crippen MR) is 111 cm³/mol. The molecule has 3 aromatic carbocycles. The number of ketones is 1. The zero-order chi connectivity index (χ0) is 19.7. The first kappa shape index (κ1) is 18.3. The van der Waals surface area contributed by atoms with Crippen LogP contribution in [0.3, 0.4) is 0 Å². The van der Waals surface area contributed by atoms with Crippen molar-refractivity contribution < 1.29 is 14.3 Å². The SMILES string of the molecule is Cc1ccccc1/C=C1\Oc2cc(OCc3ccccc3Cl)cc(C)c2C1=O. The molecule has 3 aromatic rings. The third kappa shape index (κ3) is 3.54. The maximum atomic E-state index is 12.8. The highest BCUT2D eigenvalue weighted by molar-refractivity contribution is 6.31. The fourth-order valence-corrected chi connectivity index (χ4v) is 3.42. The topological polar surface area (TPSA) is 35.5 Å². The molecule has 0 unspecified atom stereocenters. The molecule has 3 nitrogen and oxygen atoms in total. The zero-order valence-corrected chi connectivity index (χ0v) is 16.4. The van der Waals surface area contributed by atoms with Gasteiger partial charge in [0.15, 0.2) is 5.76 Å². The van der Waals surface area contributed by atoms with Gasteiger partial charge < -0.3 is 9.47 Å². The van der Waals surface area contributed by atoms with E-state index in [1.165, 1.54) is 0 Å². The van der Waals surface area contributed by atoms with Gasteiger partial charge in [-0.15, -0.1) is 0 Å². The molecule has 0 aromatic heterocycles. The Morgan fingerprint density at radius 3 is 2.54 bits per heavy atom. The highest BCUT2D eigenvalue weighted by Crippen LogP contribution is 2.38. The minimum atomic E-state index is -0.103. The number of ether oxygens (including phenoxy) is 2. The van der Waals surface area contributed by atoms with Crippen molar-refractivity contribution in [2.24, 2.45) is 0 Å². The number of hydrogen-bond donors (Lipinski definition) is 0. The quantitative estimate of drug-likeness (QED) is 0.501. The molecule has 28 heavy (non-hydrogen) atoms. The molecule has 0 fully saturated rings. The van der Waals surface area contributed by atoms with Crippen LogP contribution in [0.25, 0.3) is 6.08 Å². The first-order chi connectivity index (χ1) is 13.5. The van der Waals surface area contributed by atoms with Gasteiger partial charge in [0.05, 0.1) is 5.56 Å². The molecular formula is C24H19ClO3. The summed E-state index contributed by atoms with van der Waals surface area (Å²) in [7, 11) is 0. The van der Waals surface area contributed by atoms with E-state index in [1.54, 1.807) is 12.1 Å². The Labute approximate surface area is 169 Å². The minimum absolute atomic E-state index is 0.103. The summed E-state index contributed by atoms with van der Waals surface area (Å²) in [6.45, 7) is 4.24. The van der Waals surface area contributed by atoms with E-state index in [0.717, 1.165) is 22.3 Å². The first-order valence-corrected chi connectivity index (χ1v) is 9.41. The van der Waals surface area contributed by atoms with Crippen molar-refractivity contribution in [1.29, 1.82) is 0 Å². The van der Waals surface area contributed by atoms with Gasteiger partial charge in [0, 0.05) is 16.7 Å². The lowest BCUT2D eigenvalue weighted by Crippen LogP contribution is -2.00. The molecule has 1 aliphatic heterocycles. The van der Waals surface area contributed by atoms with Crippen LogP contribution in [0.4, 0.5) is 0 Å². The van der Waals surface area contributed by atoms with E-state index in [4.69, 9.17) is 21.1 Å². The number of fused-ring (bicyclic) bond motifs is 1. The van der Waals surface area contributed by atoms with E-state index in [9.17, 15) is 4.79 Å². The van der Waals surface area contributed by atoms with Crippen molar-refractivity contribution in [2.45, 2.75) is 20.5 Å². The van der Waals surface area contributed by atoms with Crippen LogP contribution in [0.15, 0.2) is 66.4 Å². The molecular weight excluding hydrogens is 372 g/mol. The van der Waals surface area contributed by atoms with E-state index in [-0.39, 0.29) is 5.78 Å². The van der Waals surface area contributed by atoms with E-state index < -0.39 is 0 Å². The van der Waals surface area contributed by atoms with Crippen LogP contribution in [-0.4, -0.2) is 5.78 Å². The maximum Gasteiger partial charge on any atom is 0.232 e. The van der Waals surface area contributed by atoms with Crippen molar-refractivity contribution in [3.63, 3.8) is 0 Å². The molecule has 4 rings (SSSR count). The summed E-state index contributed by atoms with van der Waals surface area (Å²) in [4.78, 5) is 12.8. The third-order valence-electron chi connectivity index (χ3n) is 4.77. The van der Waals surface area contributed by atoms with Gasteiger partial charge in [-0.25, -0.2) is 0 Å². The van der Waals surface area contributed by atoms with Gasteiger partial charge in [-0.3, -0.25) is 4.79 Å². The normalized spacial score (nSPS) is 14.1. The van der Waals surface area contributed by atoms with Crippen LogP contribution < -0.4 is 9.47 Å². The van der Waals surface area contributed by atoms with Crippen LogP contribution in [0.2, 0.25) is 5.02 Å². The second-order valence-corrected chi connectivity index (χ2v) is 7.20. The molecule has 140 valence electrons. The molecule has 0 amide bonds.